The Hall–Kier alpha value is -1.60. The molecule has 0 aliphatic heterocycles. The zero-order valence-corrected chi connectivity index (χ0v) is 15.3. The van der Waals surface area contributed by atoms with Crippen LogP contribution in [0.25, 0.3) is 0 Å². The van der Waals surface area contributed by atoms with Crippen LogP contribution in [0.4, 0.5) is 0 Å². The lowest BCUT2D eigenvalue weighted by atomic mass is 9.95. The Morgan fingerprint density at radius 2 is 1.92 bits per heavy atom. The van der Waals surface area contributed by atoms with Gasteiger partial charge in [-0.25, -0.2) is 8.42 Å². The van der Waals surface area contributed by atoms with Crippen LogP contribution >= 0.6 is 0 Å². The normalized spacial score (nSPS) is 17.3. The number of methoxy groups -OCH3 is 1. The van der Waals surface area contributed by atoms with Crippen molar-refractivity contribution in [2.75, 3.05) is 7.11 Å². The van der Waals surface area contributed by atoms with E-state index in [1.54, 1.807) is 26.0 Å². The molecule has 1 amide bonds. The van der Waals surface area contributed by atoms with Gasteiger partial charge in [0.05, 0.1) is 13.2 Å². The van der Waals surface area contributed by atoms with Gasteiger partial charge in [-0.1, -0.05) is 25.3 Å². The summed E-state index contributed by atoms with van der Waals surface area (Å²) in [5.74, 6) is -0.0370. The van der Waals surface area contributed by atoms with E-state index in [1.165, 1.54) is 19.6 Å². The van der Waals surface area contributed by atoms with Crippen LogP contribution in [0.3, 0.4) is 0 Å². The van der Waals surface area contributed by atoms with Crippen LogP contribution in [0.5, 0.6) is 5.75 Å². The number of benzene rings is 1. The first-order chi connectivity index (χ1) is 11.3. The molecule has 0 heterocycles. The third-order valence-corrected chi connectivity index (χ3v) is 5.85. The highest BCUT2D eigenvalue weighted by Gasteiger charge is 2.26. The fourth-order valence-corrected chi connectivity index (χ4v) is 4.37. The van der Waals surface area contributed by atoms with Crippen molar-refractivity contribution in [1.29, 1.82) is 0 Å². The van der Waals surface area contributed by atoms with E-state index >= 15 is 0 Å². The number of carbonyl (C=O) groups excluding carboxylic acids is 1. The molecule has 1 aliphatic carbocycles. The van der Waals surface area contributed by atoms with E-state index in [4.69, 9.17) is 4.74 Å². The Balaban J connectivity index is 2.07. The van der Waals surface area contributed by atoms with Crippen molar-refractivity contribution in [3.63, 3.8) is 0 Å². The van der Waals surface area contributed by atoms with Crippen LogP contribution < -0.4 is 14.8 Å². The number of carbonyl (C=O) groups is 1. The SMILES string of the molecule is COc1ccc(C)cc1S(=O)(=O)NC(C)C(=O)NC1CCCCC1. The summed E-state index contributed by atoms with van der Waals surface area (Å²) < 4.78 is 32.8. The summed E-state index contributed by atoms with van der Waals surface area (Å²) in [5.41, 5.74) is 0.801. The standard InChI is InChI=1S/C17H26N2O4S/c1-12-9-10-15(23-3)16(11-12)24(21,22)19-13(2)17(20)18-14-7-5-4-6-8-14/h9-11,13-14,19H,4-8H2,1-3H3,(H,18,20). The summed E-state index contributed by atoms with van der Waals surface area (Å²) in [5, 5.41) is 2.94. The molecule has 1 aromatic carbocycles. The molecule has 1 saturated carbocycles. The lowest BCUT2D eigenvalue weighted by Gasteiger charge is -2.24. The summed E-state index contributed by atoms with van der Waals surface area (Å²) in [6.45, 7) is 3.36. The summed E-state index contributed by atoms with van der Waals surface area (Å²) in [7, 11) is -2.43. The van der Waals surface area contributed by atoms with E-state index in [0.717, 1.165) is 31.2 Å². The van der Waals surface area contributed by atoms with Gasteiger partial charge in [0.1, 0.15) is 10.6 Å². The van der Waals surface area contributed by atoms with Crippen molar-refractivity contribution in [3.8, 4) is 5.75 Å². The quantitative estimate of drug-likeness (QED) is 0.819. The molecular formula is C17H26N2O4S. The number of hydrogen-bond donors (Lipinski definition) is 2. The summed E-state index contributed by atoms with van der Waals surface area (Å²) in [6.07, 6.45) is 5.31. The average Bonchev–Trinajstić information content (AvgIpc) is 2.55. The number of ether oxygens (including phenoxy) is 1. The van der Waals surface area contributed by atoms with Gasteiger partial charge in [0.15, 0.2) is 0 Å². The number of nitrogens with one attached hydrogen (secondary N) is 2. The molecule has 0 spiro atoms. The molecule has 24 heavy (non-hydrogen) atoms. The largest absolute Gasteiger partial charge is 0.495 e. The fourth-order valence-electron chi connectivity index (χ4n) is 2.92. The second kappa shape index (κ2) is 7.98. The molecule has 0 saturated heterocycles. The van der Waals surface area contributed by atoms with Gasteiger partial charge >= 0.3 is 0 Å². The minimum Gasteiger partial charge on any atom is -0.495 e. The smallest absolute Gasteiger partial charge is 0.244 e. The molecule has 1 aliphatic rings. The number of aryl methyl sites for hydroxylation is 1. The van der Waals surface area contributed by atoms with Crippen molar-refractivity contribution in [2.45, 2.75) is 62.9 Å². The van der Waals surface area contributed by atoms with E-state index in [2.05, 4.69) is 10.0 Å². The molecule has 2 rings (SSSR count). The van der Waals surface area contributed by atoms with Gasteiger partial charge in [0, 0.05) is 6.04 Å². The third-order valence-electron chi connectivity index (χ3n) is 4.29. The molecule has 1 unspecified atom stereocenters. The zero-order chi connectivity index (χ0) is 17.7. The number of sulfonamides is 1. The molecule has 0 aromatic heterocycles. The number of rotatable bonds is 6. The molecule has 0 radical (unpaired) electrons. The Morgan fingerprint density at radius 1 is 1.25 bits per heavy atom. The van der Waals surface area contributed by atoms with Gasteiger partial charge < -0.3 is 10.1 Å². The van der Waals surface area contributed by atoms with Gasteiger partial charge in [0.2, 0.25) is 15.9 Å². The van der Waals surface area contributed by atoms with Crippen LogP contribution in [0.15, 0.2) is 23.1 Å². The second-order valence-corrected chi connectivity index (χ2v) is 8.02. The van der Waals surface area contributed by atoms with Crippen molar-refractivity contribution >= 4 is 15.9 Å². The van der Waals surface area contributed by atoms with Crippen molar-refractivity contribution in [3.05, 3.63) is 23.8 Å². The van der Waals surface area contributed by atoms with Crippen LogP contribution in [-0.4, -0.2) is 33.5 Å². The van der Waals surface area contributed by atoms with E-state index in [0.29, 0.717) is 0 Å². The molecule has 134 valence electrons. The maximum absolute atomic E-state index is 12.6. The Kier molecular flexibility index (Phi) is 6.23. The molecule has 7 heteroatoms. The molecule has 1 atom stereocenters. The molecule has 0 bridgehead atoms. The Morgan fingerprint density at radius 3 is 2.54 bits per heavy atom. The minimum atomic E-state index is -3.85. The highest BCUT2D eigenvalue weighted by molar-refractivity contribution is 7.89. The van der Waals surface area contributed by atoms with E-state index in [-0.39, 0.29) is 22.6 Å². The lowest BCUT2D eigenvalue weighted by molar-refractivity contribution is -0.123. The molecule has 2 N–H and O–H groups in total. The monoisotopic (exact) mass is 354 g/mol. The van der Waals surface area contributed by atoms with Crippen molar-refractivity contribution < 1.29 is 17.9 Å². The van der Waals surface area contributed by atoms with Gasteiger partial charge in [-0.2, -0.15) is 4.72 Å². The number of amides is 1. The van der Waals surface area contributed by atoms with E-state index < -0.39 is 16.1 Å². The van der Waals surface area contributed by atoms with Gasteiger partial charge in [-0.3, -0.25) is 4.79 Å². The molecule has 6 nitrogen and oxygen atoms in total. The van der Waals surface area contributed by atoms with E-state index in [9.17, 15) is 13.2 Å². The minimum absolute atomic E-state index is 0.0438. The first-order valence-corrected chi connectivity index (χ1v) is 9.79. The van der Waals surface area contributed by atoms with Gasteiger partial charge in [0.25, 0.3) is 0 Å². The Labute approximate surface area is 144 Å². The highest BCUT2D eigenvalue weighted by Crippen LogP contribution is 2.24. The van der Waals surface area contributed by atoms with Crippen LogP contribution in [0, 0.1) is 6.92 Å². The maximum atomic E-state index is 12.6. The van der Waals surface area contributed by atoms with Crippen molar-refractivity contribution in [2.24, 2.45) is 0 Å². The third kappa shape index (κ3) is 4.70. The fraction of sp³-hybridized carbons (Fsp3) is 0.588. The molecule has 1 fully saturated rings. The predicted octanol–water partition coefficient (Wildman–Crippen LogP) is 2.12. The van der Waals surface area contributed by atoms with Crippen molar-refractivity contribution in [1.82, 2.24) is 10.0 Å². The highest BCUT2D eigenvalue weighted by atomic mass is 32.2. The van der Waals surface area contributed by atoms with E-state index in [1.807, 2.05) is 0 Å². The lowest BCUT2D eigenvalue weighted by Crippen LogP contribution is -2.48. The maximum Gasteiger partial charge on any atom is 0.244 e. The second-order valence-electron chi connectivity index (χ2n) is 6.34. The topological polar surface area (TPSA) is 84.5 Å². The summed E-state index contributed by atoms with van der Waals surface area (Å²) in [6, 6.07) is 4.22. The first-order valence-electron chi connectivity index (χ1n) is 8.31. The number of hydrogen-bond acceptors (Lipinski definition) is 4. The van der Waals surface area contributed by atoms with Gasteiger partial charge in [-0.15, -0.1) is 0 Å². The zero-order valence-electron chi connectivity index (χ0n) is 14.5. The average molecular weight is 354 g/mol. The summed E-state index contributed by atoms with van der Waals surface area (Å²) >= 11 is 0. The van der Waals surface area contributed by atoms with Gasteiger partial charge in [-0.05, 0) is 44.4 Å². The predicted molar refractivity (Wildman–Crippen MR) is 92.5 cm³/mol. The molecular weight excluding hydrogens is 328 g/mol. The van der Waals surface area contributed by atoms with Crippen LogP contribution in [-0.2, 0) is 14.8 Å². The molecule has 1 aromatic rings. The summed E-state index contributed by atoms with van der Waals surface area (Å²) in [4.78, 5) is 12.3. The van der Waals surface area contributed by atoms with Crippen LogP contribution in [0.1, 0.15) is 44.6 Å². The van der Waals surface area contributed by atoms with Crippen LogP contribution in [0.2, 0.25) is 0 Å². The Bertz CT molecular complexity index is 682. The first kappa shape index (κ1) is 18.7.